The Balaban J connectivity index is 2.36. The van der Waals surface area contributed by atoms with Crippen molar-refractivity contribution in [1.29, 1.82) is 0 Å². The molecule has 21 heavy (non-hydrogen) atoms. The van der Waals surface area contributed by atoms with Crippen LogP contribution in [0.15, 0.2) is 36.4 Å². The summed E-state index contributed by atoms with van der Waals surface area (Å²) in [7, 11) is 0. The molecule has 0 radical (unpaired) electrons. The van der Waals surface area contributed by atoms with Crippen LogP contribution in [0.4, 0.5) is 4.39 Å². The topological polar surface area (TPSA) is 55.1 Å². The van der Waals surface area contributed by atoms with Gasteiger partial charge < -0.3 is 5.11 Å². The average molecular weight is 284 g/mol. The number of halogens is 1. The van der Waals surface area contributed by atoms with Crippen molar-refractivity contribution in [3.05, 3.63) is 59.2 Å². The molecule has 0 fully saturated rings. The van der Waals surface area contributed by atoms with Crippen LogP contribution in [-0.4, -0.2) is 20.6 Å². The number of nitrogens with zero attached hydrogens (tertiary/aromatic N) is 2. The second kappa shape index (κ2) is 4.70. The highest BCUT2D eigenvalue weighted by atomic mass is 19.1. The van der Waals surface area contributed by atoms with Gasteiger partial charge in [-0.25, -0.2) is 14.2 Å². The molecule has 2 aromatic carbocycles. The fourth-order valence-corrected chi connectivity index (χ4v) is 2.49. The summed E-state index contributed by atoms with van der Waals surface area (Å²) in [4.78, 5) is 15.5. The van der Waals surface area contributed by atoms with E-state index in [4.69, 9.17) is 0 Å². The maximum atomic E-state index is 14.2. The van der Waals surface area contributed by atoms with Gasteiger partial charge in [0.25, 0.3) is 0 Å². The van der Waals surface area contributed by atoms with Gasteiger partial charge in [-0.15, -0.1) is 0 Å². The van der Waals surface area contributed by atoms with Gasteiger partial charge in [-0.1, -0.05) is 12.1 Å². The van der Waals surface area contributed by atoms with E-state index in [1.165, 1.54) is 12.1 Å². The van der Waals surface area contributed by atoms with Crippen LogP contribution in [0.25, 0.3) is 16.7 Å². The maximum Gasteiger partial charge on any atom is 0.337 e. The van der Waals surface area contributed by atoms with Crippen LogP contribution in [0.2, 0.25) is 0 Å². The van der Waals surface area contributed by atoms with Crippen LogP contribution < -0.4 is 0 Å². The number of carboxylic acid groups (broad SMARTS) is 1. The molecule has 0 aliphatic carbocycles. The minimum absolute atomic E-state index is 0.113. The summed E-state index contributed by atoms with van der Waals surface area (Å²) in [5, 5.41) is 9.22. The zero-order valence-corrected chi connectivity index (χ0v) is 11.6. The number of para-hydroxylation sites is 1. The van der Waals surface area contributed by atoms with Gasteiger partial charge in [0.05, 0.1) is 16.8 Å². The predicted molar refractivity (Wildman–Crippen MR) is 77.5 cm³/mol. The van der Waals surface area contributed by atoms with Crippen molar-refractivity contribution in [3.63, 3.8) is 0 Å². The molecule has 0 saturated heterocycles. The molecule has 3 rings (SSSR count). The zero-order valence-electron chi connectivity index (χ0n) is 11.6. The smallest absolute Gasteiger partial charge is 0.337 e. The molecule has 3 aromatic rings. The third-order valence-electron chi connectivity index (χ3n) is 3.43. The highest BCUT2D eigenvalue weighted by Gasteiger charge is 2.17. The first-order valence-corrected chi connectivity index (χ1v) is 6.47. The van der Waals surface area contributed by atoms with Gasteiger partial charge in [0.2, 0.25) is 0 Å². The second-order valence-corrected chi connectivity index (χ2v) is 4.93. The number of imidazole rings is 1. The first-order chi connectivity index (χ1) is 9.99. The maximum absolute atomic E-state index is 14.2. The lowest BCUT2D eigenvalue weighted by molar-refractivity contribution is 0.0699. The SMILES string of the molecule is Cc1ccc(-n2c(C)nc3c(C(=O)O)cccc32)c(F)c1. The number of aromatic nitrogens is 2. The number of rotatable bonds is 2. The highest BCUT2D eigenvalue weighted by Crippen LogP contribution is 2.25. The highest BCUT2D eigenvalue weighted by molar-refractivity contribution is 6.01. The van der Waals surface area contributed by atoms with Crippen LogP contribution in [0.1, 0.15) is 21.7 Å². The van der Waals surface area contributed by atoms with Gasteiger partial charge in [-0.2, -0.15) is 0 Å². The van der Waals surface area contributed by atoms with E-state index in [-0.39, 0.29) is 11.4 Å². The van der Waals surface area contributed by atoms with Gasteiger partial charge in [0.1, 0.15) is 17.2 Å². The van der Waals surface area contributed by atoms with E-state index in [9.17, 15) is 14.3 Å². The van der Waals surface area contributed by atoms with E-state index in [0.717, 1.165) is 5.56 Å². The number of carboxylic acids is 1. The number of hydrogen-bond acceptors (Lipinski definition) is 2. The van der Waals surface area contributed by atoms with Crippen LogP contribution in [0, 0.1) is 19.7 Å². The van der Waals surface area contributed by atoms with E-state index < -0.39 is 5.97 Å². The Kier molecular flexibility index (Phi) is 2.97. The van der Waals surface area contributed by atoms with Crippen molar-refractivity contribution in [2.45, 2.75) is 13.8 Å². The molecular weight excluding hydrogens is 271 g/mol. The van der Waals surface area contributed by atoms with Crippen molar-refractivity contribution in [3.8, 4) is 5.69 Å². The minimum atomic E-state index is -1.05. The summed E-state index contributed by atoms with van der Waals surface area (Å²) >= 11 is 0. The lowest BCUT2D eigenvalue weighted by atomic mass is 10.1. The number of benzene rings is 2. The van der Waals surface area contributed by atoms with Crippen molar-refractivity contribution < 1.29 is 14.3 Å². The number of fused-ring (bicyclic) bond motifs is 1. The minimum Gasteiger partial charge on any atom is -0.478 e. The van der Waals surface area contributed by atoms with Gasteiger partial charge in [-0.3, -0.25) is 4.57 Å². The monoisotopic (exact) mass is 284 g/mol. The Bertz CT molecular complexity index is 868. The Morgan fingerprint density at radius 3 is 2.67 bits per heavy atom. The molecule has 4 nitrogen and oxygen atoms in total. The molecule has 1 aromatic heterocycles. The first kappa shape index (κ1) is 13.3. The first-order valence-electron chi connectivity index (χ1n) is 6.47. The summed E-state index contributed by atoms with van der Waals surface area (Å²) in [5.41, 5.74) is 2.24. The van der Waals surface area contributed by atoms with Crippen LogP contribution in [0.3, 0.4) is 0 Å². The Morgan fingerprint density at radius 2 is 2.00 bits per heavy atom. The largest absolute Gasteiger partial charge is 0.478 e. The zero-order chi connectivity index (χ0) is 15.1. The van der Waals surface area contributed by atoms with E-state index in [0.29, 0.717) is 22.5 Å². The van der Waals surface area contributed by atoms with Gasteiger partial charge in [-0.05, 0) is 43.7 Å². The Labute approximate surface area is 120 Å². The van der Waals surface area contributed by atoms with E-state index >= 15 is 0 Å². The molecule has 0 amide bonds. The van der Waals surface area contributed by atoms with E-state index in [1.807, 2.05) is 13.0 Å². The fraction of sp³-hybridized carbons (Fsp3) is 0.125. The van der Waals surface area contributed by atoms with Gasteiger partial charge >= 0.3 is 5.97 Å². The molecule has 0 spiro atoms. The van der Waals surface area contributed by atoms with Crippen molar-refractivity contribution in [2.24, 2.45) is 0 Å². The standard InChI is InChI=1S/C16H13FN2O2/c1-9-6-7-13(12(17)8-9)19-10(2)18-15-11(16(20)21)4-3-5-14(15)19/h3-8H,1-2H3,(H,20,21). The number of carbonyl (C=O) groups is 1. The second-order valence-electron chi connectivity index (χ2n) is 4.93. The summed E-state index contributed by atoms with van der Waals surface area (Å²) in [6.07, 6.45) is 0. The molecule has 0 saturated carbocycles. The van der Waals surface area contributed by atoms with Crippen molar-refractivity contribution in [2.75, 3.05) is 0 Å². The Morgan fingerprint density at radius 1 is 1.24 bits per heavy atom. The van der Waals surface area contributed by atoms with E-state index in [2.05, 4.69) is 4.98 Å². The molecule has 106 valence electrons. The molecule has 0 unspecified atom stereocenters. The molecule has 0 bridgehead atoms. The Hall–Kier alpha value is -2.69. The quantitative estimate of drug-likeness (QED) is 0.783. The number of hydrogen-bond donors (Lipinski definition) is 1. The molecular formula is C16H13FN2O2. The van der Waals surface area contributed by atoms with Crippen LogP contribution in [0.5, 0.6) is 0 Å². The molecule has 1 heterocycles. The van der Waals surface area contributed by atoms with E-state index in [1.54, 1.807) is 29.7 Å². The predicted octanol–water partition coefficient (Wildman–Crippen LogP) is 3.48. The molecule has 0 aliphatic rings. The summed E-state index contributed by atoms with van der Waals surface area (Å²) < 4.78 is 15.9. The summed E-state index contributed by atoms with van der Waals surface area (Å²) in [5.74, 6) is -0.866. The molecule has 0 aliphatic heterocycles. The summed E-state index contributed by atoms with van der Waals surface area (Å²) in [6.45, 7) is 3.54. The average Bonchev–Trinajstić information content (AvgIpc) is 2.74. The lowest BCUT2D eigenvalue weighted by Gasteiger charge is -2.09. The number of aryl methyl sites for hydroxylation is 2. The lowest BCUT2D eigenvalue weighted by Crippen LogP contribution is -2.01. The number of aromatic carboxylic acids is 1. The van der Waals surface area contributed by atoms with Crippen molar-refractivity contribution >= 4 is 17.0 Å². The molecule has 0 atom stereocenters. The van der Waals surface area contributed by atoms with Gasteiger partial charge in [0, 0.05) is 0 Å². The van der Waals surface area contributed by atoms with Crippen LogP contribution in [-0.2, 0) is 0 Å². The third kappa shape index (κ3) is 2.07. The third-order valence-corrected chi connectivity index (χ3v) is 3.43. The molecule has 1 N–H and O–H groups in total. The van der Waals surface area contributed by atoms with Gasteiger partial charge in [0.15, 0.2) is 0 Å². The molecule has 5 heteroatoms. The summed E-state index contributed by atoms with van der Waals surface area (Å²) in [6, 6.07) is 9.79. The fourth-order valence-electron chi connectivity index (χ4n) is 2.49. The normalized spacial score (nSPS) is 11.0. The van der Waals surface area contributed by atoms with Crippen molar-refractivity contribution in [1.82, 2.24) is 9.55 Å². The van der Waals surface area contributed by atoms with Crippen LogP contribution >= 0.6 is 0 Å².